The molecule has 118 valence electrons. The minimum absolute atomic E-state index is 0.0243. The standard InChI is InChI=1S/C14H17N3O4S/c1-2-13(18)17-6-22-5-10(17)14(19)16-9-4-12-11(3-8(9)15)20-7-21-12/h3-4,10H,2,5-7,15H2,1H3,(H,16,19). The van der Waals surface area contributed by atoms with Crippen molar-refractivity contribution in [1.29, 1.82) is 0 Å². The predicted octanol–water partition coefficient (Wildman–Crippen LogP) is 1.25. The van der Waals surface area contributed by atoms with Gasteiger partial charge in [-0.05, 0) is 0 Å². The first-order valence-electron chi connectivity index (χ1n) is 6.97. The fraction of sp³-hybridized carbons (Fsp3) is 0.429. The largest absolute Gasteiger partial charge is 0.454 e. The van der Waals surface area contributed by atoms with Crippen LogP contribution in [0.1, 0.15) is 13.3 Å². The zero-order valence-corrected chi connectivity index (χ0v) is 12.9. The number of rotatable bonds is 3. The van der Waals surface area contributed by atoms with Gasteiger partial charge in [-0.25, -0.2) is 0 Å². The summed E-state index contributed by atoms with van der Waals surface area (Å²) in [5.41, 5.74) is 6.79. The van der Waals surface area contributed by atoms with E-state index >= 15 is 0 Å². The number of benzene rings is 1. The molecule has 2 aliphatic rings. The van der Waals surface area contributed by atoms with E-state index in [1.165, 1.54) is 0 Å². The molecular weight excluding hydrogens is 306 g/mol. The Labute approximate surface area is 132 Å². The summed E-state index contributed by atoms with van der Waals surface area (Å²) in [5.74, 6) is 1.98. The van der Waals surface area contributed by atoms with Crippen LogP contribution in [0, 0.1) is 0 Å². The lowest BCUT2D eigenvalue weighted by Crippen LogP contribution is -2.44. The Kier molecular flexibility index (Phi) is 4.02. The number of ether oxygens (including phenoxy) is 2. The topological polar surface area (TPSA) is 93.9 Å². The van der Waals surface area contributed by atoms with Crippen LogP contribution in [0.4, 0.5) is 11.4 Å². The molecule has 1 atom stereocenters. The van der Waals surface area contributed by atoms with Crippen molar-refractivity contribution in [1.82, 2.24) is 4.90 Å². The first-order chi connectivity index (χ1) is 10.6. The van der Waals surface area contributed by atoms with Gasteiger partial charge in [-0.2, -0.15) is 0 Å². The lowest BCUT2D eigenvalue weighted by molar-refractivity contribution is -0.135. The van der Waals surface area contributed by atoms with Crippen LogP contribution >= 0.6 is 11.8 Å². The number of nitrogen functional groups attached to an aromatic ring is 1. The molecule has 0 spiro atoms. The molecule has 8 heteroatoms. The van der Waals surface area contributed by atoms with Crippen LogP contribution in [0.3, 0.4) is 0 Å². The molecule has 22 heavy (non-hydrogen) atoms. The summed E-state index contributed by atoms with van der Waals surface area (Å²) in [5, 5.41) is 2.78. The number of carbonyl (C=O) groups is 2. The lowest BCUT2D eigenvalue weighted by Gasteiger charge is -2.22. The summed E-state index contributed by atoms with van der Waals surface area (Å²) in [7, 11) is 0. The highest BCUT2D eigenvalue weighted by Gasteiger charge is 2.34. The van der Waals surface area contributed by atoms with Crippen molar-refractivity contribution in [2.24, 2.45) is 0 Å². The number of hydrogen-bond donors (Lipinski definition) is 2. The molecule has 1 aromatic rings. The molecule has 0 aromatic heterocycles. The van der Waals surface area contributed by atoms with Crippen LogP contribution in [-0.2, 0) is 9.59 Å². The number of amides is 2. The number of hydrogen-bond acceptors (Lipinski definition) is 6. The third kappa shape index (κ3) is 2.66. The smallest absolute Gasteiger partial charge is 0.248 e. The second-order valence-corrected chi connectivity index (χ2v) is 6.01. The minimum Gasteiger partial charge on any atom is -0.454 e. The van der Waals surface area contributed by atoms with Gasteiger partial charge < -0.3 is 25.4 Å². The molecular formula is C14H17N3O4S. The van der Waals surface area contributed by atoms with Crippen molar-refractivity contribution in [2.75, 3.05) is 29.5 Å². The Morgan fingerprint density at radius 1 is 1.41 bits per heavy atom. The van der Waals surface area contributed by atoms with Crippen molar-refractivity contribution < 1.29 is 19.1 Å². The molecule has 0 bridgehead atoms. The number of carbonyl (C=O) groups excluding carboxylic acids is 2. The van der Waals surface area contributed by atoms with Crippen LogP contribution in [0.5, 0.6) is 11.5 Å². The van der Waals surface area contributed by atoms with E-state index in [1.807, 2.05) is 0 Å². The maximum absolute atomic E-state index is 12.5. The SMILES string of the molecule is CCC(=O)N1CSCC1C(=O)Nc1cc2c(cc1N)OCO2. The zero-order chi connectivity index (χ0) is 15.7. The molecule has 1 aromatic carbocycles. The number of nitrogens with two attached hydrogens (primary N) is 1. The Balaban J connectivity index is 1.75. The fourth-order valence-corrected chi connectivity index (χ4v) is 3.57. The number of fused-ring (bicyclic) bond motifs is 1. The summed E-state index contributed by atoms with van der Waals surface area (Å²) in [6.45, 7) is 1.93. The van der Waals surface area contributed by atoms with Crippen molar-refractivity contribution >= 4 is 35.0 Å². The molecule has 1 saturated heterocycles. The number of anilines is 2. The highest BCUT2D eigenvalue weighted by molar-refractivity contribution is 7.99. The minimum atomic E-state index is -0.470. The van der Waals surface area contributed by atoms with Crippen molar-refractivity contribution in [3.63, 3.8) is 0 Å². The number of thioether (sulfide) groups is 1. The van der Waals surface area contributed by atoms with Gasteiger partial charge in [0.15, 0.2) is 11.5 Å². The summed E-state index contributed by atoms with van der Waals surface area (Å²) < 4.78 is 10.5. The number of nitrogens with zero attached hydrogens (tertiary/aromatic N) is 1. The highest BCUT2D eigenvalue weighted by atomic mass is 32.2. The van der Waals surface area contributed by atoms with Crippen LogP contribution in [-0.4, -0.2) is 41.2 Å². The molecule has 3 rings (SSSR count). The Hall–Kier alpha value is -2.09. The van der Waals surface area contributed by atoms with Gasteiger partial charge in [0.05, 0.1) is 17.3 Å². The van der Waals surface area contributed by atoms with E-state index in [1.54, 1.807) is 35.7 Å². The monoisotopic (exact) mass is 323 g/mol. The Bertz CT molecular complexity index is 622. The van der Waals surface area contributed by atoms with Crippen molar-refractivity contribution in [3.05, 3.63) is 12.1 Å². The lowest BCUT2D eigenvalue weighted by atomic mass is 10.2. The quantitative estimate of drug-likeness (QED) is 0.813. The summed E-state index contributed by atoms with van der Waals surface area (Å²) in [4.78, 5) is 25.9. The van der Waals surface area contributed by atoms with E-state index in [0.717, 1.165) is 0 Å². The molecule has 3 N–H and O–H groups in total. The summed E-state index contributed by atoms with van der Waals surface area (Å²) in [6, 6.07) is 2.79. The predicted molar refractivity (Wildman–Crippen MR) is 83.9 cm³/mol. The van der Waals surface area contributed by atoms with Crippen molar-refractivity contribution in [3.8, 4) is 11.5 Å². The molecule has 7 nitrogen and oxygen atoms in total. The van der Waals surface area contributed by atoms with E-state index in [-0.39, 0.29) is 18.6 Å². The summed E-state index contributed by atoms with van der Waals surface area (Å²) in [6.07, 6.45) is 0.385. The average Bonchev–Trinajstić information content (AvgIpc) is 3.15. The third-order valence-electron chi connectivity index (χ3n) is 3.61. The molecule has 2 amide bonds. The van der Waals surface area contributed by atoms with Gasteiger partial charge in [-0.15, -0.1) is 11.8 Å². The molecule has 0 aliphatic carbocycles. The highest BCUT2D eigenvalue weighted by Crippen LogP contribution is 2.38. The van der Waals surface area contributed by atoms with Gasteiger partial charge in [-0.3, -0.25) is 9.59 Å². The van der Waals surface area contributed by atoms with Gasteiger partial charge in [-0.1, -0.05) is 6.92 Å². The van der Waals surface area contributed by atoms with Crippen LogP contribution in [0.15, 0.2) is 12.1 Å². The Morgan fingerprint density at radius 3 is 2.86 bits per heavy atom. The van der Waals surface area contributed by atoms with E-state index < -0.39 is 6.04 Å². The van der Waals surface area contributed by atoms with Gasteiger partial charge in [0.2, 0.25) is 18.6 Å². The summed E-state index contributed by atoms with van der Waals surface area (Å²) >= 11 is 1.57. The molecule has 2 aliphatic heterocycles. The molecule has 2 heterocycles. The molecule has 1 unspecified atom stereocenters. The van der Waals surface area contributed by atoms with E-state index in [9.17, 15) is 9.59 Å². The normalized spacial score (nSPS) is 19.3. The maximum Gasteiger partial charge on any atom is 0.248 e. The first kappa shape index (κ1) is 14.8. The molecule has 1 fully saturated rings. The third-order valence-corrected chi connectivity index (χ3v) is 4.62. The second kappa shape index (κ2) is 5.96. The van der Waals surface area contributed by atoms with Crippen LogP contribution in [0.25, 0.3) is 0 Å². The fourth-order valence-electron chi connectivity index (χ4n) is 2.39. The molecule has 0 radical (unpaired) electrons. The van der Waals surface area contributed by atoms with Gasteiger partial charge in [0.25, 0.3) is 0 Å². The Morgan fingerprint density at radius 2 is 2.14 bits per heavy atom. The van der Waals surface area contributed by atoms with Gasteiger partial charge in [0.1, 0.15) is 6.04 Å². The average molecular weight is 323 g/mol. The molecule has 0 saturated carbocycles. The van der Waals surface area contributed by atoms with E-state index in [0.29, 0.717) is 40.9 Å². The maximum atomic E-state index is 12.5. The second-order valence-electron chi connectivity index (χ2n) is 5.01. The van der Waals surface area contributed by atoms with E-state index in [4.69, 9.17) is 15.2 Å². The number of nitrogens with one attached hydrogen (secondary N) is 1. The van der Waals surface area contributed by atoms with Gasteiger partial charge in [0, 0.05) is 24.3 Å². The van der Waals surface area contributed by atoms with Crippen molar-refractivity contribution in [2.45, 2.75) is 19.4 Å². The van der Waals surface area contributed by atoms with Gasteiger partial charge >= 0.3 is 0 Å². The first-order valence-corrected chi connectivity index (χ1v) is 8.12. The van der Waals surface area contributed by atoms with Crippen LogP contribution in [0.2, 0.25) is 0 Å². The van der Waals surface area contributed by atoms with Crippen LogP contribution < -0.4 is 20.5 Å². The zero-order valence-electron chi connectivity index (χ0n) is 12.1. The van der Waals surface area contributed by atoms with E-state index in [2.05, 4.69) is 5.32 Å².